The molecule has 4 rings (SSSR count). The molecule has 28 heavy (non-hydrogen) atoms. The second-order valence-corrected chi connectivity index (χ2v) is 7.28. The van der Waals surface area contributed by atoms with E-state index >= 15 is 0 Å². The minimum Gasteiger partial charge on any atom is -0.367 e. The van der Waals surface area contributed by atoms with Gasteiger partial charge in [-0.3, -0.25) is 4.98 Å². The van der Waals surface area contributed by atoms with Crippen LogP contribution in [0, 0.1) is 20.8 Å². The molecule has 1 fully saturated rings. The molecule has 0 atom stereocenters. The van der Waals surface area contributed by atoms with Crippen molar-refractivity contribution < 1.29 is 0 Å². The van der Waals surface area contributed by atoms with Crippen molar-refractivity contribution in [2.45, 2.75) is 39.7 Å². The molecular weight excluding hydrogens is 350 g/mol. The summed E-state index contributed by atoms with van der Waals surface area (Å²) in [7, 11) is 0. The average Bonchev–Trinajstić information content (AvgIpc) is 2.68. The Morgan fingerprint density at radius 2 is 1.75 bits per heavy atom. The molecular formula is C21H25N7. The van der Waals surface area contributed by atoms with Crippen molar-refractivity contribution in [1.82, 2.24) is 24.9 Å². The van der Waals surface area contributed by atoms with Crippen LogP contribution >= 0.6 is 0 Å². The van der Waals surface area contributed by atoms with E-state index in [1.165, 1.54) is 0 Å². The zero-order valence-corrected chi connectivity index (χ0v) is 16.6. The summed E-state index contributed by atoms with van der Waals surface area (Å²) < 4.78 is 0. The molecule has 0 amide bonds. The van der Waals surface area contributed by atoms with Crippen molar-refractivity contribution in [3.05, 3.63) is 53.9 Å². The Bertz CT molecular complexity index is 930. The highest BCUT2D eigenvalue weighted by Crippen LogP contribution is 2.22. The highest BCUT2D eigenvalue weighted by molar-refractivity contribution is 5.56. The van der Waals surface area contributed by atoms with Gasteiger partial charge in [0.2, 0.25) is 0 Å². The molecule has 144 valence electrons. The summed E-state index contributed by atoms with van der Waals surface area (Å²) in [5.41, 5.74) is 2.89. The molecule has 1 aliphatic heterocycles. The van der Waals surface area contributed by atoms with E-state index < -0.39 is 0 Å². The van der Waals surface area contributed by atoms with Gasteiger partial charge in [-0.25, -0.2) is 19.9 Å². The lowest BCUT2D eigenvalue weighted by molar-refractivity contribution is 0.521. The van der Waals surface area contributed by atoms with E-state index in [9.17, 15) is 0 Å². The van der Waals surface area contributed by atoms with Crippen LogP contribution in [0.25, 0.3) is 11.4 Å². The SMILES string of the molecule is Cc1cc(N2CCC(Nc3cc(C)nc(-c4cccnc4)n3)CC2)nc(C)n1. The van der Waals surface area contributed by atoms with Gasteiger partial charge in [-0.15, -0.1) is 0 Å². The van der Waals surface area contributed by atoms with E-state index in [-0.39, 0.29) is 0 Å². The number of piperidine rings is 1. The number of rotatable bonds is 4. The molecule has 0 spiro atoms. The van der Waals surface area contributed by atoms with Crippen molar-refractivity contribution in [3.63, 3.8) is 0 Å². The quantitative estimate of drug-likeness (QED) is 0.749. The van der Waals surface area contributed by atoms with Gasteiger partial charge in [0.05, 0.1) is 0 Å². The smallest absolute Gasteiger partial charge is 0.163 e. The van der Waals surface area contributed by atoms with Crippen LogP contribution in [0.1, 0.15) is 30.1 Å². The summed E-state index contributed by atoms with van der Waals surface area (Å²) >= 11 is 0. The van der Waals surface area contributed by atoms with Crippen molar-refractivity contribution in [3.8, 4) is 11.4 Å². The van der Waals surface area contributed by atoms with E-state index in [1.807, 2.05) is 39.0 Å². The molecule has 0 unspecified atom stereocenters. The molecule has 0 bridgehead atoms. The third-order valence-electron chi connectivity index (χ3n) is 4.90. The van der Waals surface area contributed by atoms with Gasteiger partial charge in [0, 0.05) is 60.6 Å². The third-order valence-corrected chi connectivity index (χ3v) is 4.90. The molecule has 0 aromatic carbocycles. The maximum absolute atomic E-state index is 4.70. The summed E-state index contributed by atoms with van der Waals surface area (Å²) in [6.07, 6.45) is 5.62. The van der Waals surface area contributed by atoms with E-state index in [0.717, 1.165) is 60.3 Å². The van der Waals surface area contributed by atoms with Gasteiger partial charge < -0.3 is 10.2 Å². The summed E-state index contributed by atoms with van der Waals surface area (Å²) in [4.78, 5) is 24.7. The highest BCUT2D eigenvalue weighted by atomic mass is 15.2. The minimum absolute atomic E-state index is 0.385. The number of pyridine rings is 1. The normalized spacial score (nSPS) is 14.9. The van der Waals surface area contributed by atoms with Crippen molar-refractivity contribution in [1.29, 1.82) is 0 Å². The second kappa shape index (κ2) is 7.88. The Morgan fingerprint density at radius 3 is 2.46 bits per heavy atom. The molecule has 7 heteroatoms. The van der Waals surface area contributed by atoms with Gasteiger partial charge in [0.25, 0.3) is 0 Å². The first-order valence-electron chi connectivity index (χ1n) is 9.67. The van der Waals surface area contributed by atoms with Gasteiger partial charge >= 0.3 is 0 Å². The fourth-order valence-electron chi connectivity index (χ4n) is 3.59. The lowest BCUT2D eigenvalue weighted by atomic mass is 10.0. The van der Waals surface area contributed by atoms with Gasteiger partial charge in [-0.2, -0.15) is 0 Å². The van der Waals surface area contributed by atoms with Gasteiger partial charge in [0.15, 0.2) is 5.82 Å². The molecule has 1 N–H and O–H groups in total. The molecule has 3 aromatic rings. The van der Waals surface area contributed by atoms with Crippen LogP contribution in [0.2, 0.25) is 0 Å². The predicted molar refractivity (Wildman–Crippen MR) is 110 cm³/mol. The Morgan fingerprint density at radius 1 is 0.964 bits per heavy atom. The molecule has 1 saturated heterocycles. The first-order valence-corrected chi connectivity index (χ1v) is 9.67. The van der Waals surface area contributed by atoms with E-state index in [4.69, 9.17) is 4.98 Å². The van der Waals surface area contributed by atoms with Gasteiger partial charge in [-0.1, -0.05) is 0 Å². The zero-order valence-electron chi connectivity index (χ0n) is 16.6. The van der Waals surface area contributed by atoms with Crippen LogP contribution in [-0.2, 0) is 0 Å². The molecule has 3 aromatic heterocycles. The van der Waals surface area contributed by atoms with Crippen molar-refractivity contribution >= 4 is 11.6 Å². The van der Waals surface area contributed by atoms with Crippen LogP contribution < -0.4 is 10.2 Å². The number of aromatic nitrogens is 5. The molecule has 0 aliphatic carbocycles. The van der Waals surface area contributed by atoms with Crippen molar-refractivity contribution in [2.24, 2.45) is 0 Å². The highest BCUT2D eigenvalue weighted by Gasteiger charge is 2.21. The molecule has 0 radical (unpaired) electrons. The number of hydrogen-bond acceptors (Lipinski definition) is 7. The minimum atomic E-state index is 0.385. The van der Waals surface area contributed by atoms with Crippen molar-refractivity contribution in [2.75, 3.05) is 23.3 Å². The predicted octanol–water partition coefficient (Wildman–Crippen LogP) is 3.33. The summed E-state index contributed by atoms with van der Waals surface area (Å²) in [6.45, 7) is 7.89. The van der Waals surface area contributed by atoms with Gasteiger partial charge in [-0.05, 0) is 45.7 Å². The molecule has 7 nitrogen and oxygen atoms in total. The monoisotopic (exact) mass is 375 g/mol. The summed E-state index contributed by atoms with van der Waals surface area (Å²) in [5, 5.41) is 3.60. The maximum Gasteiger partial charge on any atom is 0.163 e. The number of nitrogens with one attached hydrogen (secondary N) is 1. The van der Waals surface area contributed by atoms with Crippen LogP contribution in [-0.4, -0.2) is 44.1 Å². The van der Waals surface area contributed by atoms with Crippen LogP contribution in [0.4, 0.5) is 11.6 Å². The largest absolute Gasteiger partial charge is 0.367 e. The average molecular weight is 375 g/mol. The fourth-order valence-corrected chi connectivity index (χ4v) is 3.59. The second-order valence-electron chi connectivity index (χ2n) is 7.28. The molecule has 0 saturated carbocycles. The maximum atomic E-state index is 4.70. The Labute approximate surface area is 165 Å². The van der Waals surface area contributed by atoms with E-state index in [2.05, 4.69) is 36.2 Å². The summed E-state index contributed by atoms with van der Waals surface area (Å²) in [6, 6.07) is 8.34. The Hall–Kier alpha value is -3.09. The summed E-state index contributed by atoms with van der Waals surface area (Å²) in [5.74, 6) is 3.44. The first kappa shape index (κ1) is 18.3. The first-order chi connectivity index (χ1) is 13.6. The number of nitrogens with zero attached hydrogens (tertiary/aromatic N) is 6. The Kier molecular flexibility index (Phi) is 5.14. The van der Waals surface area contributed by atoms with E-state index in [1.54, 1.807) is 12.4 Å². The molecule has 1 aliphatic rings. The number of anilines is 2. The fraction of sp³-hybridized carbons (Fsp3) is 0.381. The number of aryl methyl sites for hydroxylation is 3. The topological polar surface area (TPSA) is 79.7 Å². The van der Waals surface area contributed by atoms with Crippen LogP contribution in [0.15, 0.2) is 36.7 Å². The number of hydrogen-bond donors (Lipinski definition) is 1. The Balaban J connectivity index is 1.43. The van der Waals surface area contributed by atoms with Crippen LogP contribution in [0.3, 0.4) is 0 Å². The standard InChI is InChI=1S/C21H25N7/c1-14-11-19(27-21(24-14)17-5-4-8-22-13-17)26-18-6-9-28(10-7-18)20-12-15(2)23-16(3)25-20/h4-5,8,11-13,18H,6-7,9-10H2,1-3H3,(H,24,26,27). The van der Waals surface area contributed by atoms with Gasteiger partial charge in [0.1, 0.15) is 17.5 Å². The lowest BCUT2D eigenvalue weighted by Gasteiger charge is -2.33. The zero-order chi connectivity index (χ0) is 19.5. The molecule has 4 heterocycles. The third kappa shape index (κ3) is 4.24. The van der Waals surface area contributed by atoms with E-state index in [0.29, 0.717) is 11.9 Å². The lowest BCUT2D eigenvalue weighted by Crippen LogP contribution is -2.39. The van der Waals surface area contributed by atoms with Crippen LogP contribution in [0.5, 0.6) is 0 Å².